The minimum absolute atomic E-state index is 0. The van der Waals surface area contributed by atoms with E-state index in [1.807, 2.05) is 36.4 Å². The van der Waals surface area contributed by atoms with Crippen LogP contribution in [0.15, 0.2) is 162 Å². The van der Waals surface area contributed by atoms with Crippen LogP contribution in [0.4, 0.5) is 0 Å². The zero-order valence-corrected chi connectivity index (χ0v) is 36.7. The van der Waals surface area contributed by atoms with Crippen molar-refractivity contribution in [2.24, 2.45) is 0 Å². The molecule has 0 saturated heterocycles. The molecular formula is C45H36Cl6SiTi. The van der Waals surface area contributed by atoms with E-state index in [2.05, 4.69) is 143 Å². The molecule has 7 rings (SSSR count). The third kappa shape index (κ3) is 8.36. The fourth-order valence-electron chi connectivity index (χ4n) is 7.68. The average Bonchev–Trinajstić information content (AvgIpc) is 3.32. The summed E-state index contributed by atoms with van der Waals surface area (Å²) in [5, 5.41) is 5.73. The molecule has 0 heterocycles. The van der Waals surface area contributed by atoms with Crippen LogP contribution in [0.2, 0.25) is 20.1 Å². The minimum atomic E-state index is -3.06. The first-order valence-corrected chi connectivity index (χ1v) is 19.6. The van der Waals surface area contributed by atoms with E-state index in [0.29, 0.717) is 0 Å². The van der Waals surface area contributed by atoms with Crippen molar-refractivity contribution in [3.05, 3.63) is 183 Å². The van der Waals surface area contributed by atoms with E-state index >= 15 is 0 Å². The maximum Gasteiger partial charge on any atom is 4.00 e. The van der Waals surface area contributed by atoms with Gasteiger partial charge in [0, 0.05) is 15.1 Å². The SMILES string of the molecule is CC1=[C-]C(C)([Si](c2cccc(-c3ccc(Cl)cc3)c2)(c2cccc(-c3ccc(Cl)cc3)c2)c2cccc(-c3ccc(Cl)cc3)c2)C(C)=C1C.[Cl-].[Cl-].[Cl-].[Ti+4]. The zero-order chi connectivity index (χ0) is 34.3. The molecule has 1 aliphatic rings. The second-order valence-corrected chi connectivity index (χ2v) is 18.7. The normalized spacial score (nSPS) is 15.0. The van der Waals surface area contributed by atoms with E-state index < -0.39 is 13.1 Å². The second-order valence-electron chi connectivity index (χ2n) is 13.1. The van der Waals surface area contributed by atoms with Gasteiger partial charge in [-0.1, -0.05) is 170 Å². The molecule has 1 unspecified atom stereocenters. The van der Waals surface area contributed by atoms with Gasteiger partial charge in [0.25, 0.3) is 0 Å². The van der Waals surface area contributed by atoms with Crippen molar-refractivity contribution in [1.82, 2.24) is 0 Å². The summed E-state index contributed by atoms with van der Waals surface area (Å²) >= 11 is 19.0. The van der Waals surface area contributed by atoms with Crippen LogP contribution in [0.25, 0.3) is 33.4 Å². The molecule has 0 fully saturated rings. The summed E-state index contributed by atoms with van der Waals surface area (Å²) < 4.78 is 0. The van der Waals surface area contributed by atoms with Crippen molar-refractivity contribution >= 4 is 58.4 Å². The zero-order valence-electron chi connectivity index (χ0n) is 29.6. The third-order valence-electron chi connectivity index (χ3n) is 10.5. The maximum atomic E-state index is 6.34. The Kier molecular flexibility index (Phi) is 15.6. The topological polar surface area (TPSA) is 0 Å². The van der Waals surface area contributed by atoms with Gasteiger partial charge >= 0.3 is 21.7 Å². The van der Waals surface area contributed by atoms with Crippen LogP contribution >= 0.6 is 34.8 Å². The Hall–Kier alpha value is -2.53. The molecular weight excluding hydrogens is 829 g/mol. The predicted molar refractivity (Wildman–Crippen MR) is 214 cm³/mol. The smallest absolute Gasteiger partial charge is 1.00 e. The van der Waals surface area contributed by atoms with E-state index in [9.17, 15) is 0 Å². The van der Waals surface area contributed by atoms with Gasteiger partial charge in [-0.15, -0.1) is 6.92 Å². The molecule has 0 nitrogen and oxygen atoms in total. The molecule has 0 saturated carbocycles. The fraction of sp³-hybridized carbons (Fsp3) is 0.111. The maximum absolute atomic E-state index is 6.34. The first-order chi connectivity index (χ1) is 23.6. The molecule has 1 aliphatic carbocycles. The number of hydrogen-bond donors (Lipinski definition) is 0. The molecule has 0 aliphatic heterocycles. The number of rotatable bonds is 7. The van der Waals surface area contributed by atoms with Crippen LogP contribution in [0, 0.1) is 6.08 Å². The van der Waals surface area contributed by atoms with Crippen LogP contribution in [0.5, 0.6) is 0 Å². The van der Waals surface area contributed by atoms with Gasteiger partial charge in [-0.2, -0.15) is 11.1 Å². The van der Waals surface area contributed by atoms with E-state index in [0.717, 1.165) is 48.4 Å². The summed E-state index contributed by atoms with van der Waals surface area (Å²) in [6, 6.07) is 52.0. The second kappa shape index (κ2) is 18.4. The van der Waals surface area contributed by atoms with Gasteiger partial charge in [0.2, 0.25) is 0 Å². The molecule has 0 amide bonds. The van der Waals surface area contributed by atoms with Crippen molar-refractivity contribution in [1.29, 1.82) is 0 Å². The summed E-state index contributed by atoms with van der Waals surface area (Å²) in [7, 11) is -3.06. The Bertz CT molecular complexity index is 2030. The summed E-state index contributed by atoms with van der Waals surface area (Å²) in [6.07, 6.45) is 4.12. The largest absolute Gasteiger partial charge is 4.00 e. The molecule has 0 spiro atoms. The monoisotopic (exact) mass is 862 g/mol. The molecule has 8 heteroatoms. The Labute approximate surface area is 363 Å². The van der Waals surface area contributed by atoms with Gasteiger partial charge in [-0.25, -0.2) is 5.57 Å². The van der Waals surface area contributed by atoms with Gasteiger partial charge < -0.3 is 37.2 Å². The fourth-order valence-corrected chi connectivity index (χ4v) is 14.1. The summed E-state index contributed by atoms with van der Waals surface area (Å²) in [6.45, 7) is 9.20. The van der Waals surface area contributed by atoms with Crippen molar-refractivity contribution < 1.29 is 58.9 Å². The number of halogens is 6. The van der Waals surface area contributed by atoms with Gasteiger partial charge in [-0.3, -0.25) is 6.08 Å². The van der Waals surface area contributed by atoms with Gasteiger partial charge in [0.05, 0.1) is 0 Å². The summed E-state index contributed by atoms with van der Waals surface area (Å²) in [5.41, 5.74) is 10.8. The van der Waals surface area contributed by atoms with Crippen LogP contribution < -0.4 is 52.8 Å². The molecule has 0 aromatic heterocycles. The molecule has 53 heavy (non-hydrogen) atoms. The number of allylic oxidation sites excluding steroid dienone is 4. The number of benzene rings is 6. The van der Waals surface area contributed by atoms with Gasteiger partial charge in [0.15, 0.2) is 0 Å². The molecule has 6 aromatic rings. The Morgan fingerprint density at radius 3 is 1.02 bits per heavy atom. The molecule has 0 bridgehead atoms. The standard InChI is InChI=1S/C45H36Cl3Si.3ClH.Ti/c1-30-29-45(4,32(3)31(30)2)49(42-11-5-8-36(26-42)33-14-20-39(46)21-15-33,43-12-6-9-37(27-43)34-16-22-40(47)23-17-34)44-13-7-10-38(28-44)35-18-24-41(48)25-19-35;;;;/h5-28H,1-4H3;3*1H;/q-1;;;;+4/p-3. The summed E-state index contributed by atoms with van der Waals surface area (Å²) in [4.78, 5) is 0. The van der Waals surface area contributed by atoms with E-state index in [1.54, 1.807) is 0 Å². The minimum Gasteiger partial charge on any atom is -1.00 e. The van der Waals surface area contributed by atoms with Crippen molar-refractivity contribution in [2.45, 2.75) is 32.7 Å². The first kappa shape index (κ1) is 44.9. The van der Waals surface area contributed by atoms with Crippen LogP contribution in [-0.4, -0.2) is 8.07 Å². The Balaban J connectivity index is 0.00000189. The Morgan fingerprint density at radius 2 is 0.755 bits per heavy atom. The van der Waals surface area contributed by atoms with Crippen molar-refractivity contribution in [3.8, 4) is 33.4 Å². The average molecular weight is 865 g/mol. The quantitative estimate of drug-likeness (QED) is 0.132. The van der Waals surface area contributed by atoms with Crippen LogP contribution in [0.3, 0.4) is 0 Å². The van der Waals surface area contributed by atoms with Crippen molar-refractivity contribution in [2.75, 3.05) is 0 Å². The molecule has 1 atom stereocenters. The van der Waals surface area contributed by atoms with Gasteiger partial charge in [0.1, 0.15) is 8.07 Å². The Morgan fingerprint density at radius 1 is 0.453 bits per heavy atom. The summed E-state index contributed by atoms with van der Waals surface area (Å²) in [5.74, 6) is 0. The van der Waals surface area contributed by atoms with E-state index in [-0.39, 0.29) is 58.9 Å². The molecule has 266 valence electrons. The first-order valence-electron chi connectivity index (χ1n) is 16.5. The third-order valence-corrected chi connectivity index (χ3v) is 16.8. The van der Waals surface area contributed by atoms with E-state index in [1.165, 1.54) is 32.3 Å². The predicted octanol–water partition coefficient (Wildman–Crippen LogP) is 2.99. The molecule has 0 N–H and O–H groups in total. The van der Waals surface area contributed by atoms with Gasteiger partial charge in [-0.05, 0) is 85.3 Å². The van der Waals surface area contributed by atoms with Crippen LogP contribution in [-0.2, 0) is 21.7 Å². The van der Waals surface area contributed by atoms with Crippen molar-refractivity contribution in [3.63, 3.8) is 0 Å². The van der Waals surface area contributed by atoms with Crippen LogP contribution in [0.1, 0.15) is 27.7 Å². The molecule has 0 radical (unpaired) electrons. The molecule has 6 aromatic carbocycles. The number of hydrogen-bond acceptors (Lipinski definition) is 0. The van der Waals surface area contributed by atoms with E-state index in [4.69, 9.17) is 34.8 Å².